The third kappa shape index (κ3) is 8.64. The number of halogens is 2. The molecule has 2 aromatic rings. The Balaban J connectivity index is 1.78. The molecule has 4 N–H and O–H groups in total. The number of aliphatic hydroxyl groups is 4. The summed E-state index contributed by atoms with van der Waals surface area (Å²) in [5, 5.41) is 43.6. The van der Waals surface area contributed by atoms with Gasteiger partial charge in [-0.1, -0.05) is 48.4 Å². The molecule has 3 aliphatic rings. The van der Waals surface area contributed by atoms with Gasteiger partial charge in [-0.2, -0.15) is 0 Å². The zero-order valence-corrected chi connectivity index (χ0v) is 28.2. The minimum absolute atomic E-state index is 0.153. The standard InChI is InChI=1S/C37H51ClFNO6/c1-25-7-5-15-36(2)32(14-16-37(36,45)24-40(17-6-18-46-3)22-28(43)23-41)29-13-11-26(19-27(42)12-10-25)20-30(29)35(44)21-31-33(38)8-4-9-34(31)39/h4,7-9,11,13,20,27-28,32,41-43,45H,5-6,10,12,14-19,21-24H2,1-3H3/t27-,28-,32-,36-,37+/m0/s1. The van der Waals surface area contributed by atoms with Crippen LogP contribution in [-0.2, 0) is 17.6 Å². The number of Topliss-reactive ketones (excluding diaryl/α,β-unsaturated/α-hetero) is 1. The van der Waals surface area contributed by atoms with Crippen LogP contribution in [0.1, 0.15) is 91.8 Å². The van der Waals surface area contributed by atoms with Crippen molar-refractivity contribution in [2.24, 2.45) is 5.41 Å². The first-order valence-corrected chi connectivity index (χ1v) is 16.9. The van der Waals surface area contributed by atoms with E-state index in [0.29, 0.717) is 70.2 Å². The SMILES string of the molecule is COCCCN(C[C@H](O)CO)C[C@]1(O)CC[C@H]2c3ccc(cc3C(=O)Cc3c(F)cccc3Cl)C[C@@H](O)CCC(C)=CCC[C@@]21C. The van der Waals surface area contributed by atoms with Crippen LogP contribution < -0.4 is 0 Å². The van der Waals surface area contributed by atoms with Crippen LogP contribution in [0.2, 0.25) is 5.02 Å². The lowest BCUT2D eigenvalue weighted by Gasteiger charge is -2.46. The molecule has 2 aromatic carbocycles. The predicted octanol–water partition coefficient (Wildman–Crippen LogP) is 5.63. The molecular formula is C37H51ClFNO6. The van der Waals surface area contributed by atoms with Gasteiger partial charge in [0, 0.05) is 61.3 Å². The molecule has 2 bridgehead atoms. The Bertz CT molecular complexity index is 1350. The van der Waals surface area contributed by atoms with Gasteiger partial charge in [-0.25, -0.2) is 4.39 Å². The average Bonchev–Trinajstić information content (AvgIpc) is 3.26. The summed E-state index contributed by atoms with van der Waals surface area (Å²) in [6.45, 7) is 5.43. The van der Waals surface area contributed by atoms with Gasteiger partial charge in [0.25, 0.3) is 0 Å². The van der Waals surface area contributed by atoms with Gasteiger partial charge in [0.15, 0.2) is 5.78 Å². The number of hydrogen-bond donors (Lipinski definition) is 4. The normalized spacial score (nSPS) is 26.1. The summed E-state index contributed by atoms with van der Waals surface area (Å²) >= 11 is 6.34. The number of aliphatic hydroxyl groups excluding tert-OH is 3. The maximum Gasteiger partial charge on any atom is 0.167 e. The van der Waals surface area contributed by atoms with E-state index in [2.05, 4.69) is 19.9 Å². The Morgan fingerprint density at radius 3 is 2.72 bits per heavy atom. The molecule has 254 valence electrons. The molecule has 0 saturated heterocycles. The summed E-state index contributed by atoms with van der Waals surface area (Å²) in [5.74, 6) is -0.977. The van der Waals surface area contributed by atoms with E-state index in [1.807, 2.05) is 23.1 Å². The van der Waals surface area contributed by atoms with Crippen LogP contribution in [0.3, 0.4) is 0 Å². The van der Waals surface area contributed by atoms with Gasteiger partial charge in [0.05, 0.1) is 24.4 Å². The first-order valence-electron chi connectivity index (χ1n) is 16.6. The molecule has 7 nitrogen and oxygen atoms in total. The number of nitrogens with zero attached hydrogens (tertiary/aromatic N) is 1. The fraction of sp³-hybridized carbons (Fsp3) is 0.595. The van der Waals surface area contributed by atoms with Crippen molar-refractivity contribution in [1.29, 1.82) is 0 Å². The third-order valence-electron chi connectivity index (χ3n) is 10.4. The molecule has 0 aromatic heterocycles. The van der Waals surface area contributed by atoms with Gasteiger partial charge in [0.2, 0.25) is 0 Å². The average molecular weight is 660 g/mol. The zero-order chi connectivity index (χ0) is 33.5. The molecule has 0 heterocycles. The van der Waals surface area contributed by atoms with Gasteiger partial charge >= 0.3 is 0 Å². The van der Waals surface area contributed by atoms with Crippen LogP contribution in [0.4, 0.5) is 4.39 Å². The zero-order valence-electron chi connectivity index (χ0n) is 27.5. The van der Waals surface area contributed by atoms with Crippen LogP contribution in [0.5, 0.6) is 0 Å². The summed E-state index contributed by atoms with van der Waals surface area (Å²) in [6, 6.07) is 10.2. The first kappa shape index (κ1) is 36.7. The number of benzene rings is 2. The van der Waals surface area contributed by atoms with Crippen molar-refractivity contribution in [3.63, 3.8) is 0 Å². The van der Waals surface area contributed by atoms with Gasteiger partial charge in [-0.3, -0.25) is 9.69 Å². The van der Waals surface area contributed by atoms with E-state index in [0.717, 1.165) is 17.5 Å². The van der Waals surface area contributed by atoms with Gasteiger partial charge in [0.1, 0.15) is 5.82 Å². The monoisotopic (exact) mass is 659 g/mol. The minimum Gasteiger partial charge on any atom is -0.394 e. The van der Waals surface area contributed by atoms with Crippen molar-refractivity contribution in [1.82, 2.24) is 4.90 Å². The number of ether oxygens (including phenoxy) is 1. The molecule has 0 aliphatic heterocycles. The predicted molar refractivity (Wildman–Crippen MR) is 179 cm³/mol. The van der Waals surface area contributed by atoms with Crippen molar-refractivity contribution in [2.75, 3.05) is 40.0 Å². The van der Waals surface area contributed by atoms with E-state index >= 15 is 0 Å². The molecule has 1 fully saturated rings. The molecule has 0 radical (unpaired) electrons. The smallest absolute Gasteiger partial charge is 0.167 e. The Hall–Kier alpha value is -2.17. The van der Waals surface area contributed by atoms with Crippen LogP contribution in [-0.4, -0.2) is 88.9 Å². The van der Waals surface area contributed by atoms with Gasteiger partial charge in [-0.15, -0.1) is 0 Å². The summed E-state index contributed by atoms with van der Waals surface area (Å²) < 4.78 is 20.1. The van der Waals surface area contributed by atoms with E-state index in [1.165, 1.54) is 17.7 Å². The summed E-state index contributed by atoms with van der Waals surface area (Å²) in [5.41, 5.74) is 1.63. The van der Waals surface area contributed by atoms with Crippen LogP contribution >= 0.6 is 11.6 Å². The summed E-state index contributed by atoms with van der Waals surface area (Å²) in [6.07, 6.45) is 5.40. The maximum atomic E-state index is 14.8. The third-order valence-corrected chi connectivity index (χ3v) is 10.7. The highest BCUT2D eigenvalue weighted by molar-refractivity contribution is 6.31. The quantitative estimate of drug-likeness (QED) is 0.133. The second-order valence-electron chi connectivity index (χ2n) is 13.7. The van der Waals surface area contributed by atoms with Gasteiger partial charge in [-0.05, 0) is 93.5 Å². The van der Waals surface area contributed by atoms with Crippen molar-refractivity contribution in [3.05, 3.63) is 81.1 Å². The van der Waals surface area contributed by atoms with Crippen molar-refractivity contribution in [3.8, 4) is 0 Å². The highest BCUT2D eigenvalue weighted by Crippen LogP contribution is 2.58. The maximum absolute atomic E-state index is 14.8. The molecule has 5 rings (SSSR count). The van der Waals surface area contributed by atoms with E-state index < -0.39 is 29.0 Å². The topological polar surface area (TPSA) is 110 Å². The number of carbonyl (C=O) groups excluding carboxylic acids is 1. The first-order chi connectivity index (χ1) is 21.9. The van der Waals surface area contributed by atoms with Crippen LogP contribution in [0, 0.1) is 11.2 Å². The number of carbonyl (C=O) groups is 1. The fourth-order valence-electron chi connectivity index (χ4n) is 7.59. The fourth-order valence-corrected chi connectivity index (χ4v) is 7.82. The molecule has 9 heteroatoms. The van der Waals surface area contributed by atoms with Crippen LogP contribution in [0.25, 0.3) is 0 Å². The number of ketones is 1. The lowest BCUT2D eigenvalue weighted by atomic mass is 9.64. The van der Waals surface area contributed by atoms with E-state index in [9.17, 15) is 29.6 Å². The lowest BCUT2D eigenvalue weighted by Crippen LogP contribution is -2.54. The molecule has 5 atom stereocenters. The number of hydrogen-bond acceptors (Lipinski definition) is 7. The van der Waals surface area contributed by atoms with Crippen LogP contribution in [0.15, 0.2) is 48.0 Å². The Labute approximate surface area is 278 Å². The largest absolute Gasteiger partial charge is 0.394 e. The second kappa shape index (κ2) is 16.3. The number of rotatable bonds is 12. The van der Waals surface area contributed by atoms with Crippen molar-refractivity contribution >= 4 is 17.4 Å². The molecule has 46 heavy (non-hydrogen) atoms. The number of methoxy groups -OCH3 is 1. The van der Waals surface area contributed by atoms with Gasteiger partial charge < -0.3 is 25.2 Å². The summed E-state index contributed by atoms with van der Waals surface area (Å²) in [7, 11) is 1.64. The Morgan fingerprint density at radius 1 is 1.22 bits per heavy atom. The minimum atomic E-state index is -1.16. The second-order valence-corrected chi connectivity index (χ2v) is 14.1. The molecular weight excluding hydrogens is 609 g/mol. The molecule has 1 saturated carbocycles. The molecule has 0 unspecified atom stereocenters. The molecule has 3 aliphatic carbocycles. The van der Waals surface area contributed by atoms with E-state index in [-0.39, 0.29) is 41.9 Å². The number of fused-ring (bicyclic) bond motifs is 8. The lowest BCUT2D eigenvalue weighted by molar-refractivity contribution is -0.0898. The van der Waals surface area contributed by atoms with E-state index in [4.69, 9.17) is 16.3 Å². The Kier molecular flexibility index (Phi) is 13.0. The Morgan fingerprint density at radius 2 is 2.00 bits per heavy atom. The van der Waals surface area contributed by atoms with Crippen molar-refractivity contribution < 1.29 is 34.3 Å². The molecule has 0 spiro atoms. The van der Waals surface area contributed by atoms with E-state index in [1.54, 1.807) is 13.2 Å². The highest BCUT2D eigenvalue weighted by atomic mass is 35.5. The molecule has 0 amide bonds. The number of allylic oxidation sites excluding steroid dienone is 2. The summed E-state index contributed by atoms with van der Waals surface area (Å²) in [4.78, 5) is 16.1. The van der Waals surface area contributed by atoms with Crippen molar-refractivity contribution in [2.45, 2.75) is 95.4 Å². The highest BCUT2D eigenvalue weighted by Gasteiger charge is 2.57.